The Morgan fingerprint density at radius 3 is 2.62 bits per heavy atom. The van der Waals surface area contributed by atoms with Crippen LogP contribution in [0.3, 0.4) is 0 Å². The van der Waals surface area contributed by atoms with Gasteiger partial charge in [0.15, 0.2) is 5.78 Å². The molecule has 0 aromatic carbocycles. The number of hydrogen-bond acceptors (Lipinski definition) is 3. The van der Waals surface area contributed by atoms with E-state index < -0.39 is 11.5 Å². The van der Waals surface area contributed by atoms with E-state index in [1.54, 1.807) is 26.2 Å². The molecule has 1 atom stereocenters. The molecule has 0 amide bonds. The highest BCUT2D eigenvalue weighted by molar-refractivity contribution is 5.99. The minimum Gasteiger partial charge on any atom is -0.469 e. The number of aliphatic hydroxyl groups excluding tert-OH is 1. The maximum atomic E-state index is 11.9. The van der Waals surface area contributed by atoms with E-state index in [4.69, 9.17) is 4.74 Å². The summed E-state index contributed by atoms with van der Waals surface area (Å²) in [5.74, 6) is 0.732. The lowest BCUT2D eigenvalue weighted by molar-refractivity contribution is -0.127. The molecule has 0 unspecified atom stereocenters. The van der Waals surface area contributed by atoms with E-state index in [9.17, 15) is 9.90 Å². The zero-order chi connectivity index (χ0) is 12.1. The minimum absolute atomic E-state index is 0.0406. The Balaban J connectivity index is 2.57. The van der Waals surface area contributed by atoms with Crippen molar-refractivity contribution in [2.24, 2.45) is 5.41 Å². The lowest BCUT2D eigenvalue weighted by Crippen LogP contribution is -2.42. The number of carbonyl (C=O) groups excluding carboxylic acids is 1. The molecule has 1 aliphatic heterocycles. The fourth-order valence-corrected chi connectivity index (χ4v) is 1.95. The van der Waals surface area contributed by atoms with Crippen LogP contribution >= 0.6 is 0 Å². The van der Waals surface area contributed by atoms with Gasteiger partial charge in [-0.15, -0.1) is 0 Å². The molecule has 2 aliphatic rings. The first-order chi connectivity index (χ1) is 7.35. The smallest absolute Gasteiger partial charge is 0.164 e. The summed E-state index contributed by atoms with van der Waals surface area (Å²) in [6.07, 6.45) is 2.36. The molecule has 16 heavy (non-hydrogen) atoms. The molecule has 3 nitrogen and oxygen atoms in total. The number of rotatable bonds is 0. The molecular formula is C13H16O3. The molecule has 1 N–H and O–H groups in total. The van der Waals surface area contributed by atoms with E-state index >= 15 is 0 Å². The van der Waals surface area contributed by atoms with Gasteiger partial charge in [0.1, 0.15) is 5.76 Å². The van der Waals surface area contributed by atoms with Crippen molar-refractivity contribution in [3.05, 3.63) is 34.8 Å². The Kier molecular flexibility index (Phi) is 2.31. The van der Waals surface area contributed by atoms with Crippen molar-refractivity contribution in [3.63, 3.8) is 0 Å². The zero-order valence-electron chi connectivity index (χ0n) is 10.00. The van der Waals surface area contributed by atoms with Gasteiger partial charge in [-0.3, -0.25) is 4.79 Å². The van der Waals surface area contributed by atoms with Gasteiger partial charge < -0.3 is 9.84 Å². The van der Waals surface area contributed by atoms with E-state index in [-0.39, 0.29) is 5.78 Å². The average molecular weight is 220 g/mol. The van der Waals surface area contributed by atoms with E-state index in [0.717, 1.165) is 16.9 Å². The second-order valence-electron chi connectivity index (χ2n) is 4.92. The van der Waals surface area contributed by atoms with Crippen LogP contribution in [0.2, 0.25) is 0 Å². The first-order valence-corrected chi connectivity index (χ1v) is 5.35. The summed E-state index contributed by atoms with van der Waals surface area (Å²) < 4.78 is 5.36. The highest BCUT2D eigenvalue weighted by Crippen LogP contribution is 2.41. The first kappa shape index (κ1) is 11.1. The van der Waals surface area contributed by atoms with Crippen LogP contribution in [0.15, 0.2) is 34.8 Å². The Hall–Kier alpha value is -1.35. The Labute approximate surface area is 95.1 Å². The summed E-state index contributed by atoms with van der Waals surface area (Å²) in [5.41, 5.74) is 1.65. The molecule has 0 saturated carbocycles. The van der Waals surface area contributed by atoms with E-state index in [0.29, 0.717) is 5.57 Å². The summed E-state index contributed by atoms with van der Waals surface area (Å²) in [6, 6.07) is 0. The third-order valence-corrected chi connectivity index (χ3v) is 3.49. The van der Waals surface area contributed by atoms with Crippen molar-refractivity contribution in [1.29, 1.82) is 0 Å². The fraction of sp³-hybridized carbons (Fsp3) is 0.462. The van der Waals surface area contributed by atoms with Gasteiger partial charge in [0.2, 0.25) is 0 Å². The van der Waals surface area contributed by atoms with Gasteiger partial charge in [0, 0.05) is 5.57 Å². The van der Waals surface area contributed by atoms with Gasteiger partial charge in [-0.05, 0) is 44.9 Å². The van der Waals surface area contributed by atoms with E-state index in [1.807, 2.05) is 13.8 Å². The van der Waals surface area contributed by atoms with Crippen LogP contribution in [-0.4, -0.2) is 17.0 Å². The first-order valence-electron chi connectivity index (χ1n) is 5.35. The standard InChI is InChI=1S/C13H16O3/c1-7-8(2)16-6-10-9(7)5-11(14)13(3,4)12(10)15/h5-6,12,15H,1-4H3/t12-/m0/s1. The van der Waals surface area contributed by atoms with Crippen LogP contribution in [0.4, 0.5) is 0 Å². The second-order valence-corrected chi connectivity index (χ2v) is 4.92. The fourth-order valence-electron chi connectivity index (χ4n) is 1.95. The van der Waals surface area contributed by atoms with Gasteiger partial charge in [-0.2, -0.15) is 0 Å². The molecule has 86 valence electrons. The monoisotopic (exact) mass is 220 g/mol. The highest BCUT2D eigenvalue weighted by atomic mass is 16.5. The lowest BCUT2D eigenvalue weighted by Gasteiger charge is -2.36. The number of ether oxygens (including phenoxy) is 1. The molecule has 2 rings (SSSR count). The number of aliphatic hydroxyl groups is 1. The summed E-state index contributed by atoms with van der Waals surface area (Å²) >= 11 is 0. The maximum absolute atomic E-state index is 11.9. The largest absolute Gasteiger partial charge is 0.469 e. The van der Waals surface area contributed by atoms with Crippen molar-refractivity contribution in [2.75, 3.05) is 0 Å². The molecule has 0 bridgehead atoms. The topological polar surface area (TPSA) is 46.5 Å². The average Bonchev–Trinajstić information content (AvgIpc) is 2.22. The molecule has 0 aromatic heterocycles. The Morgan fingerprint density at radius 2 is 2.00 bits per heavy atom. The maximum Gasteiger partial charge on any atom is 0.164 e. The van der Waals surface area contributed by atoms with Crippen molar-refractivity contribution >= 4 is 5.78 Å². The summed E-state index contributed by atoms with van der Waals surface area (Å²) in [5, 5.41) is 10.2. The summed E-state index contributed by atoms with van der Waals surface area (Å²) in [4.78, 5) is 11.9. The number of allylic oxidation sites excluding steroid dienone is 3. The molecular weight excluding hydrogens is 204 g/mol. The predicted octanol–water partition coefficient (Wildman–Crippen LogP) is 2.09. The van der Waals surface area contributed by atoms with Gasteiger partial charge >= 0.3 is 0 Å². The number of hydrogen-bond donors (Lipinski definition) is 1. The van der Waals surface area contributed by atoms with Crippen LogP contribution in [0, 0.1) is 5.41 Å². The van der Waals surface area contributed by atoms with Crippen molar-refractivity contribution in [3.8, 4) is 0 Å². The van der Waals surface area contributed by atoms with Gasteiger partial charge in [0.25, 0.3) is 0 Å². The molecule has 0 spiro atoms. The van der Waals surface area contributed by atoms with E-state index in [2.05, 4.69) is 0 Å². The third kappa shape index (κ3) is 1.35. The number of carbonyl (C=O) groups is 1. The Bertz CT molecular complexity index is 450. The summed E-state index contributed by atoms with van der Waals surface area (Å²) in [6.45, 7) is 7.23. The minimum atomic E-state index is -0.803. The second kappa shape index (κ2) is 3.32. The van der Waals surface area contributed by atoms with Crippen LogP contribution in [0.25, 0.3) is 0 Å². The van der Waals surface area contributed by atoms with Crippen molar-refractivity contribution in [1.82, 2.24) is 0 Å². The Morgan fingerprint density at radius 1 is 1.38 bits per heavy atom. The summed E-state index contributed by atoms with van der Waals surface area (Å²) in [7, 11) is 0. The van der Waals surface area contributed by atoms with Crippen molar-refractivity contribution < 1.29 is 14.6 Å². The van der Waals surface area contributed by atoms with Gasteiger partial charge in [-0.1, -0.05) is 0 Å². The molecule has 0 fully saturated rings. The molecule has 3 heteroatoms. The van der Waals surface area contributed by atoms with Gasteiger partial charge in [0.05, 0.1) is 17.8 Å². The van der Waals surface area contributed by atoms with Gasteiger partial charge in [-0.25, -0.2) is 0 Å². The number of fused-ring (bicyclic) bond motifs is 1. The molecule has 0 aromatic rings. The third-order valence-electron chi connectivity index (χ3n) is 3.49. The van der Waals surface area contributed by atoms with Crippen molar-refractivity contribution in [2.45, 2.75) is 33.8 Å². The molecule has 1 aliphatic carbocycles. The molecule has 0 saturated heterocycles. The zero-order valence-corrected chi connectivity index (χ0v) is 10.00. The molecule has 0 radical (unpaired) electrons. The van der Waals surface area contributed by atoms with Crippen LogP contribution < -0.4 is 0 Å². The van der Waals surface area contributed by atoms with Crippen LogP contribution in [-0.2, 0) is 9.53 Å². The quantitative estimate of drug-likeness (QED) is 0.680. The SMILES string of the molecule is CC1=C(C)C2=CC(=O)C(C)(C)[C@@H](O)C2=CO1. The molecule has 1 heterocycles. The predicted molar refractivity (Wildman–Crippen MR) is 60.4 cm³/mol. The normalized spacial score (nSPS) is 28.1. The van der Waals surface area contributed by atoms with Crippen LogP contribution in [0.1, 0.15) is 27.7 Å². The van der Waals surface area contributed by atoms with Crippen LogP contribution in [0.5, 0.6) is 0 Å². The van der Waals surface area contributed by atoms with E-state index in [1.165, 1.54) is 0 Å². The lowest BCUT2D eigenvalue weighted by atomic mass is 9.71. The highest BCUT2D eigenvalue weighted by Gasteiger charge is 2.43. The number of ketones is 1.